The van der Waals surface area contributed by atoms with Crippen molar-refractivity contribution in [3.05, 3.63) is 36.5 Å². The Balaban J connectivity index is 2.27. The average molecular weight is 212 g/mol. The summed E-state index contributed by atoms with van der Waals surface area (Å²) in [7, 11) is 1.89. The number of nitrogens with two attached hydrogens (primary N) is 1. The van der Waals surface area contributed by atoms with Crippen LogP contribution in [-0.4, -0.2) is 14.8 Å². The van der Waals surface area contributed by atoms with Crippen molar-refractivity contribution in [1.29, 1.82) is 0 Å². The molecule has 4 heteroatoms. The first kappa shape index (κ1) is 9.03. The van der Waals surface area contributed by atoms with Crippen molar-refractivity contribution in [3.8, 4) is 11.4 Å². The number of H-pyrrole nitrogens is 1. The molecule has 0 aliphatic heterocycles. The zero-order chi connectivity index (χ0) is 11.1. The maximum atomic E-state index is 5.89. The maximum Gasteiger partial charge on any atom is 0.107 e. The van der Waals surface area contributed by atoms with Crippen LogP contribution in [0.3, 0.4) is 0 Å². The second-order valence-electron chi connectivity index (χ2n) is 3.84. The number of fused-ring (bicyclic) bond motifs is 1. The number of aromatic amines is 1. The molecule has 2 aromatic heterocycles. The number of anilines is 1. The summed E-state index contributed by atoms with van der Waals surface area (Å²) in [6.45, 7) is 0. The van der Waals surface area contributed by atoms with Crippen molar-refractivity contribution < 1.29 is 0 Å². The second-order valence-corrected chi connectivity index (χ2v) is 3.84. The van der Waals surface area contributed by atoms with E-state index in [0.717, 1.165) is 16.9 Å². The van der Waals surface area contributed by atoms with E-state index in [4.69, 9.17) is 5.73 Å². The van der Waals surface area contributed by atoms with Crippen molar-refractivity contribution in [2.75, 3.05) is 5.73 Å². The van der Waals surface area contributed by atoms with Crippen LogP contribution in [0.25, 0.3) is 22.3 Å². The molecule has 4 nitrogen and oxygen atoms in total. The Morgan fingerprint density at radius 1 is 1.31 bits per heavy atom. The third kappa shape index (κ3) is 1.20. The summed E-state index contributed by atoms with van der Waals surface area (Å²) >= 11 is 0. The summed E-state index contributed by atoms with van der Waals surface area (Å²) in [5.74, 6) is 0. The van der Waals surface area contributed by atoms with E-state index in [0.29, 0.717) is 5.69 Å². The van der Waals surface area contributed by atoms with Gasteiger partial charge >= 0.3 is 0 Å². The predicted octanol–water partition coefficient (Wildman–Crippen LogP) is 2.15. The summed E-state index contributed by atoms with van der Waals surface area (Å²) < 4.78 is 1.78. The Morgan fingerprint density at radius 2 is 2.12 bits per heavy atom. The summed E-state index contributed by atoms with van der Waals surface area (Å²) in [4.78, 5) is 3.34. The molecule has 0 atom stereocenters. The minimum absolute atomic E-state index is 0.689. The Kier molecular flexibility index (Phi) is 1.77. The van der Waals surface area contributed by atoms with Gasteiger partial charge in [-0.15, -0.1) is 0 Å². The lowest BCUT2D eigenvalue weighted by Gasteiger charge is -1.99. The van der Waals surface area contributed by atoms with Crippen LogP contribution in [-0.2, 0) is 7.05 Å². The molecule has 16 heavy (non-hydrogen) atoms. The molecular formula is C12H12N4. The van der Waals surface area contributed by atoms with Crippen LogP contribution in [0.4, 0.5) is 5.69 Å². The van der Waals surface area contributed by atoms with Crippen LogP contribution in [0.15, 0.2) is 36.5 Å². The smallest absolute Gasteiger partial charge is 0.107 e. The number of nitrogen functional groups attached to an aromatic ring is 1. The van der Waals surface area contributed by atoms with Crippen LogP contribution in [0, 0.1) is 0 Å². The molecule has 0 aliphatic carbocycles. The first-order valence-corrected chi connectivity index (χ1v) is 5.11. The average Bonchev–Trinajstić information content (AvgIpc) is 2.82. The number of benzene rings is 1. The van der Waals surface area contributed by atoms with Gasteiger partial charge in [-0.3, -0.25) is 4.68 Å². The van der Waals surface area contributed by atoms with Gasteiger partial charge in [0, 0.05) is 18.0 Å². The first-order valence-electron chi connectivity index (χ1n) is 5.11. The summed E-state index contributed by atoms with van der Waals surface area (Å²) in [5, 5.41) is 5.31. The van der Waals surface area contributed by atoms with Crippen LogP contribution >= 0.6 is 0 Å². The Bertz CT molecular complexity index is 595. The third-order valence-corrected chi connectivity index (χ3v) is 2.75. The van der Waals surface area contributed by atoms with E-state index >= 15 is 0 Å². The molecule has 3 N–H and O–H groups in total. The largest absolute Gasteiger partial charge is 0.396 e. The minimum atomic E-state index is 0.689. The van der Waals surface area contributed by atoms with Gasteiger partial charge in [0.15, 0.2) is 0 Å². The molecule has 0 unspecified atom stereocenters. The minimum Gasteiger partial charge on any atom is -0.396 e. The molecule has 0 bridgehead atoms. The van der Waals surface area contributed by atoms with Crippen LogP contribution in [0.2, 0.25) is 0 Å². The molecule has 80 valence electrons. The Labute approximate surface area is 92.7 Å². The van der Waals surface area contributed by atoms with E-state index in [-0.39, 0.29) is 0 Å². The number of hydrogen-bond donors (Lipinski definition) is 2. The van der Waals surface area contributed by atoms with E-state index in [1.807, 2.05) is 25.2 Å². The lowest BCUT2D eigenvalue weighted by Crippen LogP contribution is -1.95. The zero-order valence-electron chi connectivity index (χ0n) is 8.94. The van der Waals surface area contributed by atoms with Gasteiger partial charge in [-0.25, -0.2) is 0 Å². The van der Waals surface area contributed by atoms with E-state index in [1.54, 1.807) is 10.9 Å². The molecule has 3 aromatic rings. The summed E-state index contributed by atoms with van der Waals surface area (Å²) in [6, 6.07) is 10.2. The van der Waals surface area contributed by atoms with Crippen molar-refractivity contribution >= 4 is 16.6 Å². The first-order chi connectivity index (χ1) is 7.75. The van der Waals surface area contributed by atoms with E-state index in [2.05, 4.69) is 22.2 Å². The second kappa shape index (κ2) is 3.13. The van der Waals surface area contributed by atoms with Gasteiger partial charge < -0.3 is 10.7 Å². The molecule has 0 aliphatic rings. The van der Waals surface area contributed by atoms with Crippen LogP contribution in [0.5, 0.6) is 0 Å². The highest BCUT2D eigenvalue weighted by molar-refractivity contribution is 5.87. The SMILES string of the molecule is Cn1ncc(N)c1-c1cc2ccccc2[nH]1. The quantitative estimate of drug-likeness (QED) is 0.649. The number of para-hydroxylation sites is 1. The normalized spacial score (nSPS) is 11.1. The standard InChI is InChI=1S/C12H12N4/c1-16-12(9(13)7-14-16)11-6-8-4-2-3-5-10(8)15-11/h2-7,15H,13H2,1H3. The molecule has 2 heterocycles. The van der Waals surface area contributed by atoms with Crippen LogP contribution < -0.4 is 5.73 Å². The molecule has 0 saturated heterocycles. The molecule has 0 amide bonds. The van der Waals surface area contributed by atoms with Gasteiger partial charge in [-0.1, -0.05) is 18.2 Å². The number of nitrogens with zero attached hydrogens (tertiary/aromatic N) is 2. The molecule has 0 radical (unpaired) electrons. The van der Waals surface area contributed by atoms with Gasteiger partial charge in [-0.2, -0.15) is 5.10 Å². The van der Waals surface area contributed by atoms with Crippen molar-refractivity contribution in [2.24, 2.45) is 7.05 Å². The number of aryl methyl sites for hydroxylation is 1. The number of hydrogen-bond acceptors (Lipinski definition) is 2. The summed E-state index contributed by atoms with van der Waals surface area (Å²) in [6.07, 6.45) is 1.67. The number of aromatic nitrogens is 3. The zero-order valence-corrected chi connectivity index (χ0v) is 8.94. The monoisotopic (exact) mass is 212 g/mol. The van der Waals surface area contributed by atoms with E-state index < -0.39 is 0 Å². The van der Waals surface area contributed by atoms with Crippen LogP contribution in [0.1, 0.15) is 0 Å². The topological polar surface area (TPSA) is 59.6 Å². The Hall–Kier alpha value is -2.23. The maximum absolute atomic E-state index is 5.89. The highest BCUT2D eigenvalue weighted by Crippen LogP contribution is 2.27. The van der Waals surface area contributed by atoms with Crippen molar-refractivity contribution in [1.82, 2.24) is 14.8 Å². The predicted molar refractivity (Wildman–Crippen MR) is 64.9 cm³/mol. The fraction of sp³-hybridized carbons (Fsp3) is 0.0833. The lowest BCUT2D eigenvalue weighted by molar-refractivity contribution is 0.774. The lowest BCUT2D eigenvalue weighted by atomic mass is 10.2. The van der Waals surface area contributed by atoms with Gasteiger partial charge in [0.25, 0.3) is 0 Å². The van der Waals surface area contributed by atoms with E-state index in [9.17, 15) is 0 Å². The van der Waals surface area contributed by atoms with Gasteiger partial charge in [0.1, 0.15) is 5.69 Å². The van der Waals surface area contributed by atoms with Gasteiger partial charge in [0.05, 0.1) is 17.6 Å². The molecule has 0 saturated carbocycles. The molecular weight excluding hydrogens is 200 g/mol. The Morgan fingerprint density at radius 3 is 2.81 bits per heavy atom. The highest BCUT2D eigenvalue weighted by atomic mass is 15.3. The molecule has 0 fully saturated rings. The third-order valence-electron chi connectivity index (χ3n) is 2.75. The van der Waals surface area contributed by atoms with Gasteiger partial charge in [-0.05, 0) is 12.1 Å². The van der Waals surface area contributed by atoms with Gasteiger partial charge in [0.2, 0.25) is 0 Å². The molecule has 1 aromatic carbocycles. The van der Waals surface area contributed by atoms with Crippen molar-refractivity contribution in [3.63, 3.8) is 0 Å². The number of rotatable bonds is 1. The number of nitrogens with one attached hydrogen (secondary N) is 1. The molecule has 0 spiro atoms. The molecule has 3 rings (SSSR count). The fourth-order valence-corrected chi connectivity index (χ4v) is 1.99. The van der Waals surface area contributed by atoms with E-state index in [1.165, 1.54) is 5.39 Å². The fourth-order valence-electron chi connectivity index (χ4n) is 1.99. The van der Waals surface area contributed by atoms with Crippen molar-refractivity contribution in [2.45, 2.75) is 0 Å². The highest BCUT2D eigenvalue weighted by Gasteiger charge is 2.10. The summed E-state index contributed by atoms with van der Waals surface area (Å²) in [5.41, 5.74) is 9.62.